The van der Waals surface area contributed by atoms with Gasteiger partial charge in [0.1, 0.15) is 0 Å². The second-order valence-electron chi connectivity index (χ2n) is 3.95. The second kappa shape index (κ2) is 6.33. The molecule has 1 unspecified atom stereocenters. The van der Waals surface area contributed by atoms with Gasteiger partial charge in [0.25, 0.3) is 0 Å². The van der Waals surface area contributed by atoms with Crippen molar-refractivity contribution in [3.8, 4) is 5.69 Å². The number of para-hydroxylation sites is 1. The minimum Gasteiger partial charge on any atom is -0.481 e. The van der Waals surface area contributed by atoms with Gasteiger partial charge in [-0.2, -0.15) is 4.68 Å². The summed E-state index contributed by atoms with van der Waals surface area (Å²) in [5.41, 5.74) is 0.861. The van der Waals surface area contributed by atoms with E-state index in [1.54, 1.807) is 4.68 Å². The number of hydrogen-bond donors (Lipinski definition) is 1. The Kier molecular flexibility index (Phi) is 4.51. The highest BCUT2D eigenvalue weighted by Gasteiger charge is 2.17. The molecule has 0 saturated carbocycles. The SMILES string of the molecule is CCC(CC(=O)O)Sc1nnnn1-c1ccccc1. The molecule has 2 aromatic rings. The number of nitrogens with zero attached hydrogens (tertiary/aromatic N) is 4. The molecular weight excluding hydrogens is 264 g/mol. The third-order valence-corrected chi connectivity index (χ3v) is 3.87. The Labute approximate surface area is 114 Å². The summed E-state index contributed by atoms with van der Waals surface area (Å²) < 4.78 is 1.62. The van der Waals surface area contributed by atoms with Crippen molar-refractivity contribution in [2.75, 3.05) is 0 Å². The lowest BCUT2D eigenvalue weighted by Gasteiger charge is -2.11. The predicted molar refractivity (Wildman–Crippen MR) is 71.3 cm³/mol. The van der Waals surface area contributed by atoms with Crippen LogP contribution in [0.4, 0.5) is 0 Å². The van der Waals surface area contributed by atoms with Crippen LogP contribution in [0, 0.1) is 0 Å². The van der Waals surface area contributed by atoms with Crippen LogP contribution in [0.1, 0.15) is 19.8 Å². The molecule has 1 heterocycles. The molecule has 0 aliphatic heterocycles. The van der Waals surface area contributed by atoms with Gasteiger partial charge in [0, 0.05) is 5.25 Å². The highest BCUT2D eigenvalue weighted by atomic mass is 32.2. The van der Waals surface area contributed by atoms with Crippen LogP contribution in [0.25, 0.3) is 5.69 Å². The van der Waals surface area contributed by atoms with E-state index in [0.29, 0.717) is 5.16 Å². The summed E-state index contributed by atoms with van der Waals surface area (Å²) in [6, 6.07) is 9.52. The Balaban J connectivity index is 2.18. The highest BCUT2D eigenvalue weighted by Crippen LogP contribution is 2.26. The maximum absolute atomic E-state index is 10.8. The van der Waals surface area contributed by atoms with Crippen LogP contribution in [0.15, 0.2) is 35.5 Å². The molecule has 0 fully saturated rings. The third-order valence-electron chi connectivity index (χ3n) is 2.57. The largest absolute Gasteiger partial charge is 0.481 e. The van der Waals surface area contributed by atoms with Crippen molar-refractivity contribution in [2.45, 2.75) is 30.2 Å². The minimum atomic E-state index is -0.807. The number of thioether (sulfide) groups is 1. The van der Waals surface area contributed by atoms with Crippen LogP contribution in [0.3, 0.4) is 0 Å². The van der Waals surface area contributed by atoms with E-state index in [4.69, 9.17) is 5.11 Å². The summed E-state index contributed by atoms with van der Waals surface area (Å²) >= 11 is 1.39. The molecule has 7 heteroatoms. The molecule has 1 aromatic carbocycles. The molecule has 19 heavy (non-hydrogen) atoms. The Morgan fingerprint density at radius 3 is 2.79 bits per heavy atom. The lowest BCUT2D eigenvalue weighted by molar-refractivity contribution is -0.136. The molecule has 0 bridgehead atoms. The van der Waals surface area contributed by atoms with Gasteiger partial charge in [0.05, 0.1) is 12.1 Å². The number of aliphatic carboxylic acids is 1. The van der Waals surface area contributed by atoms with Crippen LogP contribution >= 0.6 is 11.8 Å². The molecule has 0 saturated heterocycles. The van der Waals surface area contributed by atoms with Crippen molar-refractivity contribution in [1.29, 1.82) is 0 Å². The molecule has 0 aliphatic rings. The Bertz CT molecular complexity index is 544. The van der Waals surface area contributed by atoms with Gasteiger partial charge in [0.2, 0.25) is 5.16 Å². The molecule has 0 radical (unpaired) electrons. The second-order valence-corrected chi connectivity index (χ2v) is 5.22. The van der Waals surface area contributed by atoms with Crippen LogP contribution < -0.4 is 0 Å². The number of carboxylic acid groups (broad SMARTS) is 1. The molecule has 0 spiro atoms. The predicted octanol–water partition coefficient (Wildman–Crippen LogP) is 2.01. The fourth-order valence-corrected chi connectivity index (χ4v) is 2.61. The highest BCUT2D eigenvalue weighted by molar-refractivity contribution is 7.99. The van der Waals surface area contributed by atoms with Gasteiger partial charge in [-0.15, -0.1) is 5.10 Å². The fourth-order valence-electron chi connectivity index (χ4n) is 1.60. The lowest BCUT2D eigenvalue weighted by atomic mass is 10.2. The Hall–Kier alpha value is -1.89. The number of benzene rings is 1. The number of carbonyl (C=O) groups is 1. The van der Waals surface area contributed by atoms with Crippen molar-refractivity contribution in [3.05, 3.63) is 30.3 Å². The smallest absolute Gasteiger partial charge is 0.304 e. The summed E-state index contributed by atoms with van der Waals surface area (Å²) in [5, 5.41) is 21.0. The molecule has 0 amide bonds. The number of hydrogen-bond acceptors (Lipinski definition) is 5. The number of tetrazole rings is 1. The number of carboxylic acids is 1. The van der Waals surface area contributed by atoms with Crippen molar-refractivity contribution >= 4 is 17.7 Å². The van der Waals surface area contributed by atoms with Crippen LogP contribution in [0.5, 0.6) is 0 Å². The summed E-state index contributed by atoms with van der Waals surface area (Å²) in [4.78, 5) is 10.8. The van der Waals surface area contributed by atoms with Gasteiger partial charge in [-0.05, 0) is 29.0 Å². The summed E-state index contributed by atoms with van der Waals surface area (Å²) in [6.07, 6.45) is 0.849. The summed E-state index contributed by atoms with van der Waals surface area (Å²) in [7, 11) is 0. The van der Waals surface area contributed by atoms with Gasteiger partial charge >= 0.3 is 5.97 Å². The molecular formula is C12H14N4O2S. The lowest BCUT2D eigenvalue weighted by Crippen LogP contribution is -2.10. The molecule has 0 aliphatic carbocycles. The third kappa shape index (κ3) is 3.54. The Morgan fingerprint density at radius 1 is 1.42 bits per heavy atom. The van der Waals surface area contributed by atoms with Gasteiger partial charge < -0.3 is 5.11 Å². The van der Waals surface area contributed by atoms with Crippen LogP contribution in [-0.4, -0.2) is 36.5 Å². The van der Waals surface area contributed by atoms with E-state index in [1.165, 1.54) is 11.8 Å². The number of aromatic nitrogens is 4. The van der Waals surface area contributed by atoms with E-state index in [1.807, 2.05) is 37.3 Å². The normalized spacial score (nSPS) is 12.3. The number of rotatable bonds is 6. The molecule has 1 N–H and O–H groups in total. The Morgan fingerprint density at radius 2 is 2.16 bits per heavy atom. The van der Waals surface area contributed by atoms with E-state index in [-0.39, 0.29) is 11.7 Å². The maximum atomic E-state index is 10.8. The van der Waals surface area contributed by atoms with Crippen molar-refractivity contribution in [3.63, 3.8) is 0 Å². The molecule has 1 atom stereocenters. The zero-order valence-corrected chi connectivity index (χ0v) is 11.2. The minimum absolute atomic E-state index is 0.0361. The van der Waals surface area contributed by atoms with Gasteiger partial charge in [0.15, 0.2) is 0 Å². The van der Waals surface area contributed by atoms with Crippen molar-refractivity contribution in [2.24, 2.45) is 0 Å². The van der Waals surface area contributed by atoms with Gasteiger partial charge in [-0.3, -0.25) is 4.79 Å². The van der Waals surface area contributed by atoms with E-state index in [2.05, 4.69) is 15.5 Å². The van der Waals surface area contributed by atoms with Crippen molar-refractivity contribution in [1.82, 2.24) is 20.2 Å². The first-order valence-electron chi connectivity index (χ1n) is 5.93. The van der Waals surface area contributed by atoms with E-state index in [0.717, 1.165) is 12.1 Å². The zero-order valence-electron chi connectivity index (χ0n) is 10.4. The first-order chi connectivity index (χ1) is 9.20. The van der Waals surface area contributed by atoms with Crippen LogP contribution in [0.2, 0.25) is 0 Å². The quantitative estimate of drug-likeness (QED) is 0.814. The van der Waals surface area contributed by atoms with E-state index in [9.17, 15) is 4.79 Å². The average molecular weight is 278 g/mol. The maximum Gasteiger partial charge on any atom is 0.304 e. The standard InChI is InChI=1S/C12H14N4O2S/c1-2-10(8-11(17)18)19-12-13-14-15-16(12)9-6-4-3-5-7-9/h3-7,10H,2,8H2,1H3,(H,17,18). The fraction of sp³-hybridized carbons (Fsp3) is 0.333. The average Bonchev–Trinajstić information content (AvgIpc) is 2.86. The monoisotopic (exact) mass is 278 g/mol. The first kappa shape index (κ1) is 13.5. The van der Waals surface area contributed by atoms with Gasteiger partial charge in [-0.1, -0.05) is 36.9 Å². The van der Waals surface area contributed by atoms with E-state index < -0.39 is 5.97 Å². The first-order valence-corrected chi connectivity index (χ1v) is 6.81. The van der Waals surface area contributed by atoms with Crippen molar-refractivity contribution < 1.29 is 9.90 Å². The van der Waals surface area contributed by atoms with Gasteiger partial charge in [-0.25, -0.2) is 0 Å². The molecule has 100 valence electrons. The molecule has 1 aromatic heterocycles. The summed E-state index contributed by atoms with van der Waals surface area (Å²) in [5.74, 6) is -0.807. The summed E-state index contributed by atoms with van der Waals surface area (Å²) in [6.45, 7) is 1.96. The zero-order chi connectivity index (χ0) is 13.7. The van der Waals surface area contributed by atoms with E-state index >= 15 is 0 Å². The van der Waals surface area contributed by atoms with Crippen LogP contribution in [-0.2, 0) is 4.79 Å². The topological polar surface area (TPSA) is 80.9 Å². The molecule has 6 nitrogen and oxygen atoms in total. The molecule has 2 rings (SSSR count).